The summed E-state index contributed by atoms with van der Waals surface area (Å²) in [4.78, 5) is 17.6. The summed E-state index contributed by atoms with van der Waals surface area (Å²) in [5.74, 6) is 2.06. The van der Waals surface area contributed by atoms with Gasteiger partial charge in [-0.2, -0.15) is 0 Å². The molecule has 3 aliphatic rings. The predicted molar refractivity (Wildman–Crippen MR) is 143 cm³/mol. The molecule has 194 valence electrons. The quantitative estimate of drug-likeness (QED) is 0.560. The first-order valence-electron chi connectivity index (χ1n) is 13.8. The molecule has 2 aromatic rings. The average molecular weight is 491 g/mol. The van der Waals surface area contributed by atoms with Crippen molar-refractivity contribution >= 4 is 5.91 Å². The minimum Gasteiger partial charge on any atom is -0.493 e. The Hall–Kier alpha value is -2.37. The first-order valence-corrected chi connectivity index (χ1v) is 13.8. The number of piperidine rings is 1. The molecule has 0 spiro atoms. The topological polar surface area (TPSA) is 53.0 Å². The minimum absolute atomic E-state index is 0.0864. The first kappa shape index (κ1) is 25.3. The lowest BCUT2D eigenvalue weighted by molar-refractivity contribution is -0.0136. The van der Waals surface area contributed by atoms with Gasteiger partial charge in [-0.1, -0.05) is 18.2 Å². The number of ether oxygens (including phenoxy) is 1. The maximum absolute atomic E-state index is 13.2. The number of aryl methyl sites for hydroxylation is 1. The van der Waals surface area contributed by atoms with Gasteiger partial charge in [0.2, 0.25) is 0 Å². The highest BCUT2D eigenvalue weighted by molar-refractivity contribution is 5.94. The number of fused-ring (bicyclic) bond motifs is 1. The fourth-order valence-corrected chi connectivity index (χ4v) is 5.84. The normalized spacial score (nSPS) is 21.2. The Balaban J connectivity index is 1.14. The lowest BCUT2D eigenvalue weighted by atomic mass is 9.83. The highest BCUT2D eigenvalue weighted by Gasteiger charge is 2.31. The minimum atomic E-state index is -0.573. The lowest BCUT2D eigenvalue weighted by Gasteiger charge is -2.38. The third kappa shape index (κ3) is 6.12. The molecule has 1 amide bonds. The second kappa shape index (κ2) is 10.5. The van der Waals surface area contributed by atoms with Crippen molar-refractivity contribution in [2.75, 3.05) is 26.7 Å². The van der Waals surface area contributed by atoms with Crippen LogP contribution in [-0.2, 0) is 19.4 Å². The summed E-state index contributed by atoms with van der Waals surface area (Å²) in [5.41, 5.74) is 4.34. The van der Waals surface area contributed by atoms with E-state index in [0.717, 1.165) is 75.6 Å². The Bertz CT molecular complexity index is 1050. The fourth-order valence-electron chi connectivity index (χ4n) is 5.84. The molecule has 1 unspecified atom stereocenters. The molecule has 1 aliphatic heterocycles. The van der Waals surface area contributed by atoms with Crippen LogP contribution in [0.2, 0.25) is 0 Å². The average Bonchev–Trinajstić information content (AvgIpc) is 3.71. The largest absolute Gasteiger partial charge is 0.493 e. The molecule has 5 nitrogen and oxygen atoms in total. The number of likely N-dealkylation sites (tertiary alicyclic amines) is 1. The van der Waals surface area contributed by atoms with E-state index in [2.05, 4.69) is 23.1 Å². The van der Waals surface area contributed by atoms with Crippen molar-refractivity contribution in [3.63, 3.8) is 0 Å². The van der Waals surface area contributed by atoms with Gasteiger partial charge in [0.15, 0.2) is 0 Å². The van der Waals surface area contributed by atoms with Gasteiger partial charge in [-0.05, 0) is 125 Å². The van der Waals surface area contributed by atoms with E-state index >= 15 is 0 Å². The molecular weight excluding hydrogens is 448 g/mol. The van der Waals surface area contributed by atoms with E-state index in [0.29, 0.717) is 5.92 Å². The Morgan fingerprint density at radius 1 is 1.03 bits per heavy atom. The van der Waals surface area contributed by atoms with Gasteiger partial charge in [0.25, 0.3) is 5.91 Å². The number of carbonyl (C=O) groups excluding carboxylic acids is 1. The van der Waals surface area contributed by atoms with Crippen molar-refractivity contribution < 1.29 is 14.6 Å². The predicted octanol–water partition coefficient (Wildman–Crippen LogP) is 5.09. The molecule has 36 heavy (non-hydrogen) atoms. The number of carbonyl (C=O) groups is 1. The molecule has 1 saturated heterocycles. The summed E-state index contributed by atoms with van der Waals surface area (Å²) < 4.78 is 5.82. The monoisotopic (exact) mass is 490 g/mol. The Morgan fingerprint density at radius 3 is 2.42 bits per heavy atom. The first-order chi connectivity index (χ1) is 17.3. The maximum Gasteiger partial charge on any atom is 0.253 e. The van der Waals surface area contributed by atoms with Gasteiger partial charge in [-0.3, -0.25) is 9.69 Å². The number of likely N-dealkylation sites (N-methyl/N-ethyl adjacent to an activating group) is 1. The van der Waals surface area contributed by atoms with Crippen LogP contribution in [0.15, 0.2) is 42.5 Å². The van der Waals surface area contributed by atoms with E-state index in [1.54, 1.807) is 0 Å². The molecule has 1 saturated carbocycles. The molecule has 1 atom stereocenters. The third-order valence-corrected chi connectivity index (χ3v) is 8.62. The number of aliphatic hydroxyl groups is 1. The van der Waals surface area contributed by atoms with Crippen LogP contribution in [0.25, 0.3) is 0 Å². The zero-order chi connectivity index (χ0) is 25.3. The van der Waals surface area contributed by atoms with Crippen LogP contribution in [0.1, 0.15) is 73.0 Å². The fraction of sp³-hybridized carbons (Fsp3) is 0.581. The van der Waals surface area contributed by atoms with E-state index in [1.807, 2.05) is 50.1 Å². The van der Waals surface area contributed by atoms with Crippen LogP contribution in [0.3, 0.4) is 0 Å². The van der Waals surface area contributed by atoms with E-state index in [9.17, 15) is 9.90 Å². The van der Waals surface area contributed by atoms with Crippen molar-refractivity contribution in [1.82, 2.24) is 9.80 Å². The summed E-state index contributed by atoms with van der Waals surface area (Å²) in [7, 11) is 1.95. The summed E-state index contributed by atoms with van der Waals surface area (Å²) in [6, 6.07) is 14.8. The van der Waals surface area contributed by atoms with Gasteiger partial charge in [0.05, 0.1) is 12.2 Å². The Morgan fingerprint density at radius 2 is 1.75 bits per heavy atom. The van der Waals surface area contributed by atoms with Crippen molar-refractivity contribution in [3.05, 3.63) is 64.7 Å². The maximum atomic E-state index is 13.2. The van der Waals surface area contributed by atoms with Gasteiger partial charge >= 0.3 is 0 Å². The van der Waals surface area contributed by atoms with Gasteiger partial charge < -0.3 is 14.7 Å². The van der Waals surface area contributed by atoms with Crippen LogP contribution >= 0.6 is 0 Å². The van der Waals surface area contributed by atoms with Gasteiger partial charge in [-0.25, -0.2) is 0 Å². The summed E-state index contributed by atoms with van der Waals surface area (Å²) in [5, 5.41) is 10.3. The van der Waals surface area contributed by atoms with Crippen molar-refractivity contribution in [3.8, 4) is 5.75 Å². The lowest BCUT2D eigenvalue weighted by Crippen LogP contribution is -2.41. The van der Waals surface area contributed by atoms with Crippen LogP contribution in [0, 0.1) is 11.8 Å². The standard InChI is InChI=1S/C31H42N2O3/c1-31(2,35)27-14-16-33(17-15-27)20-23-6-7-26-19-28(11-8-25(26)18-23)32(3)30(34)24-9-12-29(13-10-24)36-21-22-4-5-22/h6-7,9-10,12-13,18,22,27-28,35H,4-5,8,11,14-17,19-21H2,1-3H3. The number of rotatable bonds is 8. The summed E-state index contributed by atoms with van der Waals surface area (Å²) in [6.45, 7) is 7.75. The smallest absolute Gasteiger partial charge is 0.253 e. The van der Waals surface area contributed by atoms with Crippen LogP contribution in [0.5, 0.6) is 5.75 Å². The van der Waals surface area contributed by atoms with Crippen LogP contribution in [-0.4, -0.2) is 59.2 Å². The molecule has 2 aliphatic carbocycles. The molecule has 1 heterocycles. The molecule has 5 heteroatoms. The third-order valence-electron chi connectivity index (χ3n) is 8.62. The van der Waals surface area contributed by atoms with Crippen molar-refractivity contribution in [2.24, 2.45) is 11.8 Å². The molecule has 2 aromatic carbocycles. The van der Waals surface area contributed by atoms with E-state index in [4.69, 9.17) is 4.74 Å². The molecule has 1 N–H and O–H groups in total. The van der Waals surface area contributed by atoms with E-state index < -0.39 is 5.60 Å². The number of hydrogen-bond acceptors (Lipinski definition) is 4. The highest BCUT2D eigenvalue weighted by Crippen LogP contribution is 2.31. The molecule has 2 fully saturated rings. The highest BCUT2D eigenvalue weighted by atomic mass is 16.5. The van der Waals surface area contributed by atoms with Crippen LogP contribution < -0.4 is 4.74 Å². The van der Waals surface area contributed by atoms with Crippen LogP contribution in [0.4, 0.5) is 0 Å². The number of benzene rings is 2. The zero-order valence-corrected chi connectivity index (χ0v) is 22.2. The van der Waals surface area contributed by atoms with Gasteiger partial charge in [0.1, 0.15) is 5.75 Å². The number of hydrogen-bond donors (Lipinski definition) is 1. The van der Waals surface area contributed by atoms with E-state index in [1.165, 1.54) is 29.5 Å². The van der Waals surface area contributed by atoms with Crippen molar-refractivity contribution in [2.45, 2.75) is 77.0 Å². The summed E-state index contributed by atoms with van der Waals surface area (Å²) >= 11 is 0. The molecule has 5 rings (SSSR count). The van der Waals surface area contributed by atoms with Gasteiger partial charge in [-0.15, -0.1) is 0 Å². The Labute approximate surface area is 216 Å². The van der Waals surface area contributed by atoms with E-state index in [-0.39, 0.29) is 11.9 Å². The molecular formula is C31H42N2O3. The second-order valence-electron chi connectivity index (χ2n) is 11.9. The SMILES string of the molecule is CN(C(=O)c1ccc(OCC2CC2)cc1)C1CCc2cc(CN3CCC(C(C)(C)O)CC3)ccc2C1. The van der Waals surface area contributed by atoms with Gasteiger partial charge in [0, 0.05) is 25.2 Å². The molecule has 0 radical (unpaired) electrons. The molecule has 0 bridgehead atoms. The second-order valence-corrected chi connectivity index (χ2v) is 11.9. The number of amides is 1. The zero-order valence-electron chi connectivity index (χ0n) is 22.2. The summed E-state index contributed by atoms with van der Waals surface area (Å²) in [6.07, 6.45) is 7.60. The van der Waals surface area contributed by atoms with Crippen molar-refractivity contribution in [1.29, 1.82) is 0 Å². The molecule has 0 aromatic heterocycles. The number of nitrogens with zero attached hydrogens (tertiary/aromatic N) is 2. The Kier molecular flexibility index (Phi) is 7.41.